The van der Waals surface area contributed by atoms with Crippen LogP contribution < -0.4 is 0 Å². The van der Waals surface area contributed by atoms with Crippen molar-refractivity contribution in [2.45, 2.75) is 9.92 Å². The monoisotopic (exact) mass is 255 g/mol. The first kappa shape index (κ1) is 11.2. The van der Waals surface area contributed by atoms with Gasteiger partial charge in [0.2, 0.25) is 0 Å². The van der Waals surface area contributed by atoms with E-state index in [-0.39, 0.29) is 5.82 Å². The van der Waals surface area contributed by atoms with Crippen LogP contribution in [0.3, 0.4) is 0 Å². The zero-order chi connectivity index (χ0) is 12.4. The highest BCUT2D eigenvalue weighted by atomic mass is 32.2. The van der Waals surface area contributed by atoms with Crippen LogP contribution in [-0.2, 0) is 0 Å². The van der Waals surface area contributed by atoms with Crippen LogP contribution in [0.2, 0.25) is 0 Å². The van der Waals surface area contributed by atoms with E-state index in [1.54, 1.807) is 30.1 Å². The van der Waals surface area contributed by atoms with Crippen molar-refractivity contribution in [1.82, 2.24) is 4.98 Å². The number of nitrogens with zero attached hydrogens (tertiary/aromatic N) is 1. The van der Waals surface area contributed by atoms with Crippen LogP contribution in [0.5, 0.6) is 0 Å². The second kappa shape index (κ2) is 4.78. The van der Waals surface area contributed by atoms with Crippen LogP contribution in [-0.4, -0.2) is 4.98 Å². The molecule has 0 atom stereocenters. The highest BCUT2D eigenvalue weighted by molar-refractivity contribution is 7.99. The van der Waals surface area contributed by atoms with Crippen molar-refractivity contribution < 1.29 is 4.39 Å². The van der Waals surface area contributed by atoms with Crippen molar-refractivity contribution in [1.29, 1.82) is 0 Å². The first-order valence-corrected chi connectivity index (χ1v) is 6.42. The Morgan fingerprint density at radius 1 is 0.889 bits per heavy atom. The number of rotatable bonds is 2. The Kier molecular flexibility index (Phi) is 2.99. The molecule has 0 saturated heterocycles. The van der Waals surface area contributed by atoms with Gasteiger partial charge in [-0.3, -0.25) is 0 Å². The average molecular weight is 255 g/mol. The summed E-state index contributed by atoms with van der Waals surface area (Å²) in [6.45, 7) is 0. The fraction of sp³-hybridized carbons (Fsp3) is 0. The number of pyridine rings is 1. The first-order chi connectivity index (χ1) is 8.83. The maximum atomic E-state index is 12.9. The van der Waals surface area contributed by atoms with E-state index in [0.29, 0.717) is 0 Å². The van der Waals surface area contributed by atoms with Gasteiger partial charge in [-0.2, -0.15) is 0 Å². The van der Waals surface area contributed by atoms with E-state index < -0.39 is 0 Å². The van der Waals surface area contributed by atoms with Gasteiger partial charge in [0.25, 0.3) is 0 Å². The summed E-state index contributed by atoms with van der Waals surface area (Å²) in [5.41, 5.74) is 0. The van der Waals surface area contributed by atoms with Gasteiger partial charge in [0.1, 0.15) is 10.8 Å². The standard InChI is InChI=1S/C15H10FNS/c16-12-5-7-13(8-6-12)18-15-14-4-2-1-3-11(14)9-10-17-15/h1-10H. The highest BCUT2D eigenvalue weighted by Gasteiger charge is 2.04. The Labute approximate surface area is 109 Å². The Morgan fingerprint density at radius 3 is 2.50 bits per heavy atom. The summed E-state index contributed by atoms with van der Waals surface area (Å²) in [5, 5.41) is 3.23. The van der Waals surface area contributed by atoms with Crippen LogP contribution in [0.1, 0.15) is 0 Å². The van der Waals surface area contributed by atoms with Crippen molar-refractivity contribution in [3.8, 4) is 0 Å². The molecule has 0 aliphatic rings. The van der Waals surface area contributed by atoms with Crippen LogP contribution in [0, 0.1) is 5.82 Å². The lowest BCUT2D eigenvalue weighted by molar-refractivity contribution is 0.626. The van der Waals surface area contributed by atoms with Gasteiger partial charge in [-0.1, -0.05) is 36.0 Å². The molecule has 1 aromatic heterocycles. The second-order valence-electron chi connectivity index (χ2n) is 3.89. The lowest BCUT2D eigenvalue weighted by Gasteiger charge is -2.04. The quantitative estimate of drug-likeness (QED) is 0.667. The molecular formula is C15H10FNS. The zero-order valence-corrected chi connectivity index (χ0v) is 10.3. The van der Waals surface area contributed by atoms with E-state index in [1.165, 1.54) is 12.1 Å². The predicted molar refractivity (Wildman–Crippen MR) is 72.3 cm³/mol. The molecule has 3 rings (SSSR count). The summed E-state index contributed by atoms with van der Waals surface area (Å²) >= 11 is 1.55. The molecule has 0 radical (unpaired) electrons. The van der Waals surface area contributed by atoms with Crippen molar-refractivity contribution in [2.75, 3.05) is 0 Å². The lowest BCUT2D eigenvalue weighted by Crippen LogP contribution is -1.83. The molecule has 3 aromatic rings. The van der Waals surface area contributed by atoms with E-state index in [9.17, 15) is 4.39 Å². The fourth-order valence-corrected chi connectivity index (χ4v) is 2.69. The highest BCUT2D eigenvalue weighted by Crippen LogP contribution is 2.31. The molecule has 0 aliphatic carbocycles. The van der Waals surface area contributed by atoms with Crippen LogP contribution in [0.4, 0.5) is 4.39 Å². The van der Waals surface area contributed by atoms with E-state index >= 15 is 0 Å². The lowest BCUT2D eigenvalue weighted by atomic mass is 10.2. The predicted octanol–water partition coefficient (Wildman–Crippen LogP) is 4.53. The largest absolute Gasteiger partial charge is 0.249 e. The third-order valence-corrected chi connectivity index (χ3v) is 3.69. The molecule has 0 spiro atoms. The maximum absolute atomic E-state index is 12.9. The van der Waals surface area contributed by atoms with Crippen molar-refractivity contribution in [3.05, 3.63) is 66.6 Å². The Balaban J connectivity index is 2.02. The minimum atomic E-state index is -0.217. The summed E-state index contributed by atoms with van der Waals surface area (Å²) in [6, 6.07) is 16.6. The maximum Gasteiger partial charge on any atom is 0.123 e. The molecule has 0 aliphatic heterocycles. The molecule has 0 unspecified atom stereocenters. The molecule has 0 fully saturated rings. The minimum Gasteiger partial charge on any atom is -0.249 e. The van der Waals surface area contributed by atoms with E-state index in [2.05, 4.69) is 11.1 Å². The van der Waals surface area contributed by atoms with Gasteiger partial charge in [0, 0.05) is 16.5 Å². The smallest absolute Gasteiger partial charge is 0.123 e. The van der Waals surface area contributed by atoms with E-state index in [0.717, 1.165) is 20.7 Å². The SMILES string of the molecule is Fc1ccc(Sc2nccc3ccccc23)cc1. The summed E-state index contributed by atoms with van der Waals surface area (Å²) in [5.74, 6) is -0.217. The van der Waals surface area contributed by atoms with Gasteiger partial charge in [-0.05, 0) is 35.7 Å². The molecule has 88 valence electrons. The van der Waals surface area contributed by atoms with Gasteiger partial charge < -0.3 is 0 Å². The van der Waals surface area contributed by atoms with Crippen molar-refractivity contribution >= 4 is 22.5 Å². The topological polar surface area (TPSA) is 12.9 Å². The molecule has 0 saturated carbocycles. The normalized spacial score (nSPS) is 10.7. The minimum absolute atomic E-state index is 0.217. The number of fused-ring (bicyclic) bond motifs is 1. The molecule has 2 aromatic carbocycles. The molecule has 3 heteroatoms. The number of hydrogen-bond acceptors (Lipinski definition) is 2. The first-order valence-electron chi connectivity index (χ1n) is 5.60. The zero-order valence-electron chi connectivity index (χ0n) is 9.51. The summed E-state index contributed by atoms with van der Waals surface area (Å²) in [6.07, 6.45) is 1.80. The molecule has 0 amide bonds. The van der Waals surface area contributed by atoms with Gasteiger partial charge in [0.15, 0.2) is 0 Å². The number of benzene rings is 2. The fourth-order valence-electron chi connectivity index (χ4n) is 1.79. The third-order valence-electron chi connectivity index (χ3n) is 2.67. The number of hydrogen-bond donors (Lipinski definition) is 0. The Bertz CT molecular complexity index is 674. The molecule has 0 bridgehead atoms. The van der Waals surface area contributed by atoms with Gasteiger partial charge in [-0.15, -0.1) is 0 Å². The molecule has 1 nitrogen and oxygen atoms in total. The molecule has 18 heavy (non-hydrogen) atoms. The van der Waals surface area contributed by atoms with Gasteiger partial charge in [0.05, 0.1) is 0 Å². The van der Waals surface area contributed by atoms with Crippen molar-refractivity contribution in [2.24, 2.45) is 0 Å². The number of aromatic nitrogens is 1. The molecule has 0 N–H and O–H groups in total. The van der Waals surface area contributed by atoms with Crippen LogP contribution in [0.25, 0.3) is 10.8 Å². The summed E-state index contributed by atoms with van der Waals surface area (Å²) in [4.78, 5) is 5.38. The van der Waals surface area contributed by atoms with Crippen LogP contribution >= 0.6 is 11.8 Å². The summed E-state index contributed by atoms with van der Waals surface area (Å²) in [7, 11) is 0. The Hall–Kier alpha value is -1.87. The van der Waals surface area contributed by atoms with Crippen molar-refractivity contribution in [3.63, 3.8) is 0 Å². The van der Waals surface area contributed by atoms with E-state index in [1.807, 2.05) is 24.3 Å². The molecule has 1 heterocycles. The Morgan fingerprint density at radius 2 is 1.67 bits per heavy atom. The molecular weight excluding hydrogens is 245 g/mol. The number of halogens is 1. The van der Waals surface area contributed by atoms with Crippen LogP contribution in [0.15, 0.2) is 70.7 Å². The van der Waals surface area contributed by atoms with E-state index in [4.69, 9.17) is 0 Å². The third kappa shape index (κ3) is 2.22. The second-order valence-corrected chi connectivity index (χ2v) is 4.96. The van der Waals surface area contributed by atoms with Gasteiger partial charge in [-0.25, -0.2) is 9.37 Å². The average Bonchev–Trinajstić information content (AvgIpc) is 2.42. The van der Waals surface area contributed by atoms with Gasteiger partial charge >= 0.3 is 0 Å². The summed E-state index contributed by atoms with van der Waals surface area (Å²) < 4.78 is 12.9.